The topological polar surface area (TPSA) is 30.2 Å². The summed E-state index contributed by atoms with van der Waals surface area (Å²) in [6.07, 6.45) is 3.19. The normalized spacial score (nSPS) is 13.3. The molecule has 0 fully saturated rings. The Hall–Kier alpha value is -1.45. The first-order valence-electron chi connectivity index (χ1n) is 6.15. The molecule has 2 rings (SSSR count). The van der Waals surface area contributed by atoms with Crippen LogP contribution in [0.4, 0.5) is 4.39 Å². The summed E-state index contributed by atoms with van der Waals surface area (Å²) < 4.78 is 15.5. The minimum atomic E-state index is -0.314. The summed E-state index contributed by atoms with van der Waals surface area (Å²) in [4.78, 5) is 4.50. The van der Waals surface area contributed by atoms with Crippen LogP contribution in [0.25, 0.3) is 5.65 Å². The number of halogens is 1. The summed E-state index contributed by atoms with van der Waals surface area (Å²) in [6, 6.07) is 0. The minimum Gasteiger partial charge on any atom is -0.230 e. The van der Waals surface area contributed by atoms with Gasteiger partial charge in [0.2, 0.25) is 0 Å². The fourth-order valence-corrected chi connectivity index (χ4v) is 1.94. The third-order valence-electron chi connectivity index (χ3n) is 2.97. The van der Waals surface area contributed by atoms with Crippen molar-refractivity contribution < 1.29 is 4.39 Å². The van der Waals surface area contributed by atoms with Gasteiger partial charge in [-0.3, -0.25) is 0 Å². The first-order valence-corrected chi connectivity index (χ1v) is 6.15. The predicted octanol–water partition coefficient (Wildman–Crippen LogP) is 3.46. The third-order valence-corrected chi connectivity index (χ3v) is 2.97. The van der Waals surface area contributed by atoms with E-state index in [-0.39, 0.29) is 16.6 Å². The standard InChI is InChI=1S/C14H20FN3/c1-13(2,3)9-7-16-18-8-10(15)11(14(4,5)6)17-12(9)18/h7-8H,1-6H3. The summed E-state index contributed by atoms with van der Waals surface area (Å²) >= 11 is 0. The van der Waals surface area contributed by atoms with Crippen LogP contribution in [0.3, 0.4) is 0 Å². The Labute approximate surface area is 107 Å². The minimum absolute atomic E-state index is 0.0538. The quantitative estimate of drug-likeness (QED) is 0.715. The van der Waals surface area contributed by atoms with Gasteiger partial charge in [0, 0.05) is 11.0 Å². The van der Waals surface area contributed by atoms with Gasteiger partial charge in [-0.2, -0.15) is 5.10 Å². The van der Waals surface area contributed by atoms with Crippen molar-refractivity contribution >= 4 is 5.65 Å². The fourth-order valence-electron chi connectivity index (χ4n) is 1.94. The van der Waals surface area contributed by atoms with Crippen LogP contribution in [-0.4, -0.2) is 14.6 Å². The van der Waals surface area contributed by atoms with E-state index in [1.54, 1.807) is 6.20 Å². The van der Waals surface area contributed by atoms with Crippen molar-refractivity contribution in [3.8, 4) is 0 Å². The average Bonchev–Trinajstić information content (AvgIpc) is 2.56. The van der Waals surface area contributed by atoms with Gasteiger partial charge in [0.1, 0.15) is 0 Å². The second kappa shape index (κ2) is 3.77. The molecule has 0 atom stereocenters. The summed E-state index contributed by atoms with van der Waals surface area (Å²) in [5.41, 5.74) is 1.90. The Morgan fingerprint density at radius 3 is 2.17 bits per heavy atom. The van der Waals surface area contributed by atoms with E-state index in [0.29, 0.717) is 5.69 Å². The first kappa shape index (κ1) is 13.0. The molecule has 0 amide bonds. The van der Waals surface area contributed by atoms with E-state index in [4.69, 9.17) is 0 Å². The van der Waals surface area contributed by atoms with Crippen molar-refractivity contribution in [2.24, 2.45) is 0 Å². The molecule has 18 heavy (non-hydrogen) atoms. The SMILES string of the molecule is CC(C)(C)c1nc2c(C(C)(C)C)cnn2cc1F. The highest BCUT2D eigenvalue weighted by atomic mass is 19.1. The first-order chi connectivity index (χ1) is 8.10. The monoisotopic (exact) mass is 249 g/mol. The number of nitrogens with zero attached hydrogens (tertiary/aromatic N) is 3. The Balaban J connectivity index is 2.75. The molecule has 0 spiro atoms. The molecule has 2 aromatic rings. The lowest BCUT2D eigenvalue weighted by atomic mass is 9.88. The highest BCUT2D eigenvalue weighted by Gasteiger charge is 2.25. The van der Waals surface area contributed by atoms with Crippen molar-refractivity contribution in [1.29, 1.82) is 0 Å². The lowest BCUT2D eigenvalue weighted by Crippen LogP contribution is -2.18. The zero-order chi connectivity index (χ0) is 13.7. The Morgan fingerprint density at radius 2 is 1.67 bits per heavy atom. The van der Waals surface area contributed by atoms with E-state index in [0.717, 1.165) is 11.2 Å². The van der Waals surface area contributed by atoms with Crippen LogP contribution in [0.1, 0.15) is 52.8 Å². The van der Waals surface area contributed by atoms with E-state index >= 15 is 0 Å². The average molecular weight is 249 g/mol. The largest absolute Gasteiger partial charge is 0.230 e. The number of fused-ring (bicyclic) bond motifs is 1. The molecule has 4 heteroatoms. The van der Waals surface area contributed by atoms with Crippen LogP contribution in [0.5, 0.6) is 0 Å². The maximum atomic E-state index is 14.0. The second-order valence-corrected chi connectivity index (χ2v) is 6.76. The molecular weight excluding hydrogens is 229 g/mol. The van der Waals surface area contributed by atoms with Crippen molar-refractivity contribution in [3.63, 3.8) is 0 Å². The number of aromatic nitrogens is 3. The van der Waals surface area contributed by atoms with Gasteiger partial charge in [0.05, 0.1) is 18.1 Å². The zero-order valence-corrected chi connectivity index (χ0v) is 11.9. The van der Waals surface area contributed by atoms with Gasteiger partial charge in [0.15, 0.2) is 11.5 Å². The van der Waals surface area contributed by atoms with Gasteiger partial charge in [-0.05, 0) is 5.41 Å². The van der Waals surface area contributed by atoms with Gasteiger partial charge in [0.25, 0.3) is 0 Å². The van der Waals surface area contributed by atoms with Gasteiger partial charge in [-0.25, -0.2) is 13.9 Å². The van der Waals surface area contributed by atoms with Crippen molar-refractivity contribution in [2.75, 3.05) is 0 Å². The smallest absolute Gasteiger partial charge is 0.163 e. The molecule has 0 aliphatic rings. The summed E-state index contributed by atoms with van der Waals surface area (Å²) in [7, 11) is 0. The molecule has 0 unspecified atom stereocenters. The Morgan fingerprint density at radius 1 is 1.06 bits per heavy atom. The van der Waals surface area contributed by atoms with Crippen LogP contribution in [-0.2, 0) is 10.8 Å². The molecule has 0 saturated carbocycles. The lowest BCUT2D eigenvalue weighted by molar-refractivity contribution is 0.496. The predicted molar refractivity (Wildman–Crippen MR) is 70.3 cm³/mol. The maximum Gasteiger partial charge on any atom is 0.163 e. The molecule has 0 N–H and O–H groups in total. The molecule has 0 bridgehead atoms. The van der Waals surface area contributed by atoms with Gasteiger partial charge < -0.3 is 0 Å². The molecule has 2 aromatic heterocycles. The third kappa shape index (κ3) is 2.11. The second-order valence-electron chi connectivity index (χ2n) is 6.76. The summed E-state index contributed by atoms with van der Waals surface area (Å²) in [6.45, 7) is 12.2. The molecule has 0 aliphatic heterocycles. The number of hydrogen-bond donors (Lipinski definition) is 0. The Bertz CT molecular complexity index is 585. The van der Waals surface area contributed by atoms with Crippen molar-refractivity contribution in [1.82, 2.24) is 14.6 Å². The van der Waals surface area contributed by atoms with Crippen LogP contribution in [0, 0.1) is 5.82 Å². The van der Waals surface area contributed by atoms with E-state index in [2.05, 4.69) is 30.9 Å². The maximum absolute atomic E-state index is 14.0. The molecular formula is C14H20FN3. The highest BCUT2D eigenvalue weighted by Crippen LogP contribution is 2.28. The summed E-state index contributed by atoms with van der Waals surface area (Å²) in [5.74, 6) is -0.307. The summed E-state index contributed by atoms with van der Waals surface area (Å²) in [5, 5.41) is 4.18. The van der Waals surface area contributed by atoms with Crippen LogP contribution < -0.4 is 0 Å². The number of rotatable bonds is 0. The molecule has 0 aromatic carbocycles. The van der Waals surface area contributed by atoms with Gasteiger partial charge >= 0.3 is 0 Å². The zero-order valence-electron chi connectivity index (χ0n) is 11.9. The van der Waals surface area contributed by atoms with Gasteiger partial charge in [-0.15, -0.1) is 0 Å². The molecule has 0 radical (unpaired) electrons. The van der Waals surface area contributed by atoms with E-state index in [9.17, 15) is 4.39 Å². The molecule has 3 nitrogen and oxygen atoms in total. The molecule has 0 aliphatic carbocycles. The fraction of sp³-hybridized carbons (Fsp3) is 0.571. The van der Waals surface area contributed by atoms with Crippen LogP contribution >= 0.6 is 0 Å². The van der Waals surface area contributed by atoms with E-state index in [1.165, 1.54) is 10.7 Å². The molecule has 2 heterocycles. The molecule has 98 valence electrons. The molecule has 0 saturated heterocycles. The number of hydrogen-bond acceptors (Lipinski definition) is 2. The van der Waals surface area contributed by atoms with Crippen molar-refractivity contribution in [2.45, 2.75) is 52.4 Å². The van der Waals surface area contributed by atoms with E-state index < -0.39 is 0 Å². The Kier molecular flexibility index (Phi) is 2.72. The van der Waals surface area contributed by atoms with Gasteiger partial charge in [-0.1, -0.05) is 41.5 Å². The highest BCUT2D eigenvalue weighted by molar-refractivity contribution is 5.50. The van der Waals surface area contributed by atoms with Crippen LogP contribution in [0.15, 0.2) is 12.4 Å². The lowest BCUT2D eigenvalue weighted by Gasteiger charge is -2.20. The van der Waals surface area contributed by atoms with E-state index in [1.807, 2.05) is 20.8 Å². The van der Waals surface area contributed by atoms with Crippen LogP contribution in [0.2, 0.25) is 0 Å². The van der Waals surface area contributed by atoms with Crippen molar-refractivity contribution in [3.05, 3.63) is 29.5 Å².